The molecule has 104 valence electrons. The summed E-state index contributed by atoms with van der Waals surface area (Å²) in [7, 11) is -3.05. The van der Waals surface area contributed by atoms with Crippen LogP contribution in [0, 0.1) is 0 Å². The van der Waals surface area contributed by atoms with Gasteiger partial charge in [0.25, 0.3) is 5.91 Å². The van der Waals surface area contributed by atoms with Gasteiger partial charge in [-0.15, -0.1) is 0 Å². The van der Waals surface area contributed by atoms with Crippen molar-refractivity contribution >= 4 is 21.7 Å². The van der Waals surface area contributed by atoms with Crippen LogP contribution >= 0.6 is 0 Å². The van der Waals surface area contributed by atoms with Crippen molar-refractivity contribution in [1.29, 1.82) is 0 Å². The van der Waals surface area contributed by atoms with Gasteiger partial charge in [-0.25, -0.2) is 18.2 Å². The molecule has 1 amide bonds. The molecule has 7 nitrogen and oxygen atoms in total. The lowest BCUT2D eigenvalue weighted by molar-refractivity contribution is 0.0690. The van der Waals surface area contributed by atoms with Gasteiger partial charge in [0.15, 0.2) is 0 Å². The van der Waals surface area contributed by atoms with Gasteiger partial charge < -0.3 is 10.4 Å². The smallest absolute Gasteiger partial charge is 0.354 e. The Morgan fingerprint density at radius 2 is 1.95 bits per heavy atom. The van der Waals surface area contributed by atoms with Crippen LogP contribution in [0.4, 0.5) is 0 Å². The first-order valence-electron chi connectivity index (χ1n) is 5.46. The Balaban J connectivity index is 2.54. The van der Waals surface area contributed by atoms with Crippen LogP contribution in [0.5, 0.6) is 0 Å². The third kappa shape index (κ3) is 5.47. The van der Waals surface area contributed by atoms with Crippen molar-refractivity contribution in [3.8, 4) is 0 Å². The number of carbonyl (C=O) groups is 2. The summed E-state index contributed by atoms with van der Waals surface area (Å²) in [6.45, 7) is 0.185. The molecule has 0 aromatic carbocycles. The Hall–Kier alpha value is -1.96. The normalized spacial score (nSPS) is 11.0. The number of aromatic carboxylic acids is 1. The first-order valence-corrected chi connectivity index (χ1v) is 7.52. The van der Waals surface area contributed by atoms with Crippen molar-refractivity contribution < 1.29 is 23.1 Å². The molecule has 0 saturated heterocycles. The van der Waals surface area contributed by atoms with Gasteiger partial charge in [-0.05, 0) is 18.6 Å². The maximum absolute atomic E-state index is 11.6. The number of nitrogens with zero attached hydrogens (tertiary/aromatic N) is 1. The highest BCUT2D eigenvalue weighted by Crippen LogP contribution is 1.99. The Morgan fingerprint density at radius 1 is 1.32 bits per heavy atom. The zero-order valence-electron chi connectivity index (χ0n) is 10.3. The van der Waals surface area contributed by atoms with Gasteiger partial charge in [-0.2, -0.15) is 0 Å². The fraction of sp³-hybridized carbons (Fsp3) is 0.364. The molecular formula is C11H14N2O5S. The van der Waals surface area contributed by atoms with Crippen molar-refractivity contribution in [2.45, 2.75) is 6.42 Å². The quantitative estimate of drug-likeness (QED) is 0.708. The lowest BCUT2D eigenvalue weighted by Crippen LogP contribution is -2.27. The lowest BCUT2D eigenvalue weighted by Gasteiger charge is -2.04. The summed E-state index contributed by atoms with van der Waals surface area (Å²) in [5.41, 5.74) is -0.233. The minimum absolute atomic E-state index is 0.0146. The van der Waals surface area contributed by atoms with Crippen molar-refractivity contribution in [3.63, 3.8) is 0 Å². The summed E-state index contributed by atoms with van der Waals surface area (Å²) in [6.07, 6.45) is 1.41. The molecule has 0 aliphatic carbocycles. The van der Waals surface area contributed by atoms with E-state index in [1.807, 2.05) is 0 Å². The van der Waals surface area contributed by atoms with Crippen LogP contribution < -0.4 is 5.32 Å². The third-order valence-electron chi connectivity index (χ3n) is 2.18. The highest BCUT2D eigenvalue weighted by atomic mass is 32.2. The monoisotopic (exact) mass is 286 g/mol. The van der Waals surface area contributed by atoms with Crippen LogP contribution in [0.3, 0.4) is 0 Å². The molecular weight excluding hydrogens is 272 g/mol. The number of amides is 1. The predicted octanol–water partition coefficient (Wildman–Crippen LogP) is -0.0557. The average molecular weight is 286 g/mol. The molecule has 0 spiro atoms. The number of hydrogen-bond donors (Lipinski definition) is 2. The number of carboxylic acids is 1. The largest absolute Gasteiger partial charge is 0.477 e. The molecule has 2 N–H and O–H groups in total. The molecule has 0 atom stereocenters. The van der Waals surface area contributed by atoms with Gasteiger partial charge >= 0.3 is 5.97 Å². The van der Waals surface area contributed by atoms with Crippen LogP contribution in [0.15, 0.2) is 18.2 Å². The minimum atomic E-state index is -3.05. The molecule has 1 aromatic rings. The zero-order chi connectivity index (χ0) is 14.5. The molecule has 0 bridgehead atoms. The van der Waals surface area contributed by atoms with E-state index in [0.29, 0.717) is 6.42 Å². The van der Waals surface area contributed by atoms with Gasteiger partial charge in [0.05, 0.1) is 5.75 Å². The molecule has 0 fully saturated rings. The summed E-state index contributed by atoms with van der Waals surface area (Å²) in [5, 5.41) is 11.2. The van der Waals surface area contributed by atoms with Crippen LogP contribution in [0.25, 0.3) is 0 Å². The standard InChI is InChI=1S/C11H14N2O5S/c1-19(17,18)7-3-6-12-10(14)8-4-2-5-9(13-8)11(15)16/h2,4-5H,3,6-7H2,1H3,(H,12,14)(H,15,16). The van der Waals surface area contributed by atoms with E-state index in [-0.39, 0.29) is 23.7 Å². The number of pyridine rings is 1. The van der Waals surface area contributed by atoms with E-state index in [1.54, 1.807) is 0 Å². The molecule has 1 aromatic heterocycles. The first kappa shape index (κ1) is 15.1. The number of sulfone groups is 1. The fourth-order valence-corrected chi connectivity index (χ4v) is 1.98. The third-order valence-corrected chi connectivity index (χ3v) is 3.21. The Kier molecular flexibility index (Phi) is 4.99. The maximum atomic E-state index is 11.6. The zero-order valence-corrected chi connectivity index (χ0v) is 11.1. The molecule has 0 radical (unpaired) electrons. The van der Waals surface area contributed by atoms with E-state index >= 15 is 0 Å². The number of hydrogen-bond acceptors (Lipinski definition) is 5. The van der Waals surface area contributed by atoms with Gasteiger partial charge in [0.1, 0.15) is 21.2 Å². The van der Waals surface area contributed by atoms with E-state index < -0.39 is 21.7 Å². The molecule has 0 aliphatic rings. The van der Waals surface area contributed by atoms with Crippen molar-refractivity contribution in [2.24, 2.45) is 0 Å². The second-order valence-corrected chi connectivity index (χ2v) is 6.21. The second-order valence-electron chi connectivity index (χ2n) is 3.95. The highest BCUT2D eigenvalue weighted by Gasteiger charge is 2.11. The first-order chi connectivity index (χ1) is 8.79. The molecule has 1 heterocycles. The van der Waals surface area contributed by atoms with E-state index in [0.717, 1.165) is 6.26 Å². The number of aromatic nitrogens is 1. The Morgan fingerprint density at radius 3 is 2.53 bits per heavy atom. The van der Waals surface area contributed by atoms with Gasteiger partial charge in [-0.3, -0.25) is 4.79 Å². The number of rotatable bonds is 6. The van der Waals surface area contributed by atoms with Crippen molar-refractivity contribution in [1.82, 2.24) is 10.3 Å². The highest BCUT2D eigenvalue weighted by molar-refractivity contribution is 7.90. The molecule has 1 rings (SSSR count). The second kappa shape index (κ2) is 6.28. The summed E-state index contributed by atoms with van der Waals surface area (Å²) < 4.78 is 21.8. The van der Waals surface area contributed by atoms with Crippen molar-refractivity contribution in [3.05, 3.63) is 29.6 Å². The summed E-state index contributed by atoms with van der Waals surface area (Å²) in [6, 6.07) is 4.09. The number of carboxylic acid groups (broad SMARTS) is 1. The van der Waals surface area contributed by atoms with E-state index in [4.69, 9.17) is 5.11 Å². The van der Waals surface area contributed by atoms with Crippen molar-refractivity contribution in [2.75, 3.05) is 18.6 Å². The van der Waals surface area contributed by atoms with Crippen LogP contribution in [0.2, 0.25) is 0 Å². The minimum Gasteiger partial charge on any atom is -0.477 e. The summed E-state index contributed by atoms with van der Waals surface area (Å²) in [4.78, 5) is 26.0. The molecule has 0 saturated carbocycles. The lowest BCUT2D eigenvalue weighted by atomic mass is 10.3. The fourth-order valence-electron chi connectivity index (χ4n) is 1.31. The number of nitrogens with one attached hydrogen (secondary N) is 1. The van der Waals surface area contributed by atoms with Gasteiger partial charge in [-0.1, -0.05) is 6.07 Å². The van der Waals surface area contributed by atoms with E-state index in [1.165, 1.54) is 18.2 Å². The van der Waals surface area contributed by atoms with Crippen LogP contribution in [-0.4, -0.2) is 48.9 Å². The van der Waals surface area contributed by atoms with Crippen LogP contribution in [0.1, 0.15) is 27.4 Å². The molecule has 0 unspecified atom stereocenters. The van der Waals surface area contributed by atoms with Crippen LogP contribution in [-0.2, 0) is 9.84 Å². The van der Waals surface area contributed by atoms with E-state index in [2.05, 4.69) is 10.3 Å². The maximum Gasteiger partial charge on any atom is 0.354 e. The number of carbonyl (C=O) groups excluding carboxylic acids is 1. The predicted molar refractivity (Wildman–Crippen MR) is 67.9 cm³/mol. The van der Waals surface area contributed by atoms with Gasteiger partial charge in [0.2, 0.25) is 0 Å². The topological polar surface area (TPSA) is 113 Å². The molecule has 8 heteroatoms. The Bertz CT molecular complexity index is 583. The summed E-state index contributed by atoms with van der Waals surface area (Å²) >= 11 is 0. The van der Waals surface area contributed by atoms with Gasteiger partial charge in [0, 0.05) is 12.8 Å². The molecule has 0 aliphatic heterocycles. The van der Waals surface area contributed by atoms with E-state index in [9.17, 15) is 18.0 Å². The Labute approximate surface area is 110 Å². The molecule has 19 heavy (non-hydrogen) atoms. The SMILES string of the molecule is CS(=O)(=O)CCCNC(=O)c1cccc(C(=O)O)n1. The summed E-state index contributed by atoms with van der Waals surface area (Å²) in [5.74, 6) is -1.76. The average Bonchev–Trinajstić information content (AvgIpc) is 2.33.